The number of rotatable bonds is 8. The molecule has 0 atom stereocenters. The molecule has 0 saturated carbocycles. The molecule has 0 aliphatic heterocycles. The Labute approximate surface area is 160 Å². The van der Waals surface area contributed by atoms with Crippen LogP contribution in [0, 0.1) is 6.92 Å². The van der Waals surface area contributed by atoms with Gasteiger partial charge in [-0.15, -0.1) is 11.3 Å². The highest BCUT2D eigenvalue weighted by molar-refractivity contribution is 7.14. The zero-order valence-corrected chi connectivity index (χ0v) is 15.6. The molecule has 2 aromatic heterocycles. The molecular formula is C19H19N3O4S. The zero-order valence-electron chi connectivity index (χ0n) is 14.8. The summed E-state index contributed by atoms with van der Waals surface area (Å²) in [6.07, 6.45) is 1.32. The molecule has 3 rings (SSSR count). The van der Waals surface area contributed by atoms with E-state index in [1.165, 1.54) is 23.0 Å². The molecule has 1 aromatic carbocycles. The van der Waals surface area contributed by atoms with Crippen molar-refractivity contribution in [3.63, 3.8) is 0 Å². The molecule has 0 saturated heterocycles. The van der Waals surface area contributed by atoms with Gasteiger partial charge in [-0.05, 0) is 13.3 Å². The Morgan fingerprint density at radius 1 is 1.26 bits per heavy atom. The Kier molecular flexibility index (Phi) is 6.10. The van der Waals surface area contributed by atoms with Gasteiger partial charge in [0.15, 0.2) is 10.8 Å². The number of anilines is 1. The Bertz CT molecular complexity index is 931. The van der Waals surface area contributed by atoms with Gasteiger partial charge >= 0.3 is 0 Å². The Morgan fingerprint density at radius 3 is 2.78 bits per heavy atom. The summed E-state index contributed by atoms with van der Waals surface area (Å²) in [7, 11) is 0. The molecule has 0 aliphatic carbocycles. The number of aromatic nitrogens is 2. The number of Topliss-reactive ketones (excluding diaryl/α,β-unsaturated/α-hetero) is 1. The van der Waals surface area contributed by atoms with E-state index in [4.69, 9.17) is 9.63 Å². The second kappa shape index (κ2) is 8.70. The van der Waals surface area contributed by atoms with Crippen LogP contribution in [0.25, 0.3) is 11.3 Å². The number of carbonyl (C=O) groups excluding carboxylic acids is 2. The van der Waals surface area contributed by atoms with Crippen LogP contribution in [0.3, 0.4) is 0 Å². The zero-order chi connectivity index (χ0) is 19.2. The second-order valence-corrected chi connectivity index (χ2v) is 6.92. The van der Waals surface area contributed by atoms with E-state index >= 15 is 0 Å². The number of ketones is 1. The van der Waals surface area contributed by atoms with Crippen molar-refractivity contribution in [1.29, 1.82) is 0 Å². The van der Waals surface area contributed by atoms with Crippen molar-refractivity contribution in [1.82, 2.24) is 10.1 Å². The molecule has 7 nitrogen and oxygen atoms in total. The summed E-state index contributed by atoms with van der Waals surface area (Å²) in [5.41, 5.74) is 3.12. The highest BCUT2D eigenvalue weighted by atomic mass is 32.1. The van der Waals surface area contributed by atoms with Gasteiger partial charge in [0.25, 0.3) is 0 Å². The summed E-state index contributed by atoms with van der Waals surface area (Å²) in [5.74, 6) is -0.114. The second-order valence-electron chi connectivity index (χ2n) is 6.07. The van der Waals surface area contributed by atoms with Crippen molar-refractivity contribution in [2.75, 3.05) is 11.9 Å². The molecule has 1 amide bonds. The van der Waals surface area contributed by atoms with Crippen LogP contribution in [0.4, 0.5) is 5.13 Å². The monoisotopic (exact) mass is 385 g/mol. The summed E-state index contributed by atoms with van der Waals surface area (Å²) in [4.78, 5) is 27.8. The molecule has 0 spiro atoms. The average molecular weight is 385 g/mol. The van der Waals surface area contributed by atoms with Crippen LogP contribution in [0.1, 0.15) is 34.7 Å². The minimum atomic E-state index is -0.604. The van der Waals surface area contributed by atoms with Crippen molar-refractivity contribution in [3.8, 4) is 11.3 Å². The number of aryl methyl sites for hydroxylation is 2. The van der Waals surface area contributed by atoms with Crippen molar-refractivity contribution >= 4 is 28.2 Å². The van der Waals surface area contributed by atoms with Crippen molar-refractivity contribution in [3.05, 3.63) is 52.7 Å². The van der Waals surface area contributed by atoms with Crippen LogP contribution in [-0.2, 0) is 11.2 Å². The lowest BCUT2D eigenvalue weighted by Gasteiger charge is -2.01. The maximum atomic E-state index is 12.1. The number of amides is 1. The normalized spacial score (nSPS) is 10.7. The van der Waals surface area contributed by atoms with Crippen molar-refractivity contribution in [2.45, 2.75) is 26.2 Å². The molecular weight excluding hydrogens is 366 g/mol. The van der Waals surface area contributed by atoms with Crippen LogP contribution < -0.4 is 5.32 Å². The lowest BCUT2D eigenvalue weighted by atomic mass is 10.1. The summed E-state index contributed by atoms with van der Waals surface area (Å²) in [6, 6.07) is 9.55. The number of aliphatic hydroxyl groups excluding tert-OH is 1. The van der Waals surface area contributed by atoms with Crippen LogP contribution in [0.5, 0.6) is 0 Å². The molecule has 0 fully saturated rings. The molecule has 0 aliphatic rings. The summed E-state index contributed by atoms with van der Waals surface area (Å²) >= 11 is 1.38. The van der Waals surface area contributed by atoms with Gasteiger partial charge in [0.2, 0.25) is 11.7 Å². The Morgan fingerprint density at radius 2 is 2.04 bits per heavy atom. The first-order valence-electron chi connectivity index (χ1n) is 8.47. The van der Waals surface area contributed by atoms with E-state index in [1.54, 1.807) is 0 Å². The average Bonchev–Trinajstić information content (AvgIpc) is 3.31. The molecule has 27 heavy (non-hydrogen) atoms. The molecule has 8 heteroatoms. The summed E-state index contributed by atoms with van der Waals surface area (Å²) in [6.45, 7) is 1.42. The molecule has 140 valence electrons. The number of aliphatic hydroxyl groups is 1. The number of nitrogens with zero attached hydrogens (tertiary/aromatic N) is 2. The maximum absolute atomic E-state index is 12.1. The predicted molar refractivity (Wildman–Crippen MR) is 102 cm³/mol. The highest BCUT2D eigenvalue weighted by Gasteiger charge is 2.12. The third-order valence-electron chi connectivity index (χ3n) is 3.91. The number of thiazole rings is 1. The molecule has 0 radical (unpaired) electrons. The van der Waals surface area contributed by atoms with Gasteiger partial charge in [0.05, 0.1) is 5.69 Å². The van der Waals surface area contributed by atoms with E-state index in [2.05, 4.69) is 15.5 Å². The third-order valence-corrected chi connectivity index (χ3v) is 4.67. The molecule has 2 N–H and O–H groups in total. The number of hydrogen-bond donors (Lipinski definition) is 2. The van der Waals surface area contributed by atoms with Gasteiger partial charge in [-0.3, -0.25) is 9.59 Å². The van der Waals surface area contributed by atoms with Crippen molar-refractivity contribution < 1.29 is 19.2 Å². The Balaban J connectivity index is 1.47. The van der Waals surface area contributed by atoms with Gasteiger partial charge in [-0.2, -0.15) is 0 Å². The Hall–Kier alpha value is -2.84. The van der Waals surface area contributed by atoms with Gasteiger partial charge in [0.1, 0.15) is 12.4 Å². The fourth-order valence-electron chi connectivity index (χ4n) is 2.44. The summed E-state index contributed by atoms with van der Waals surface area (Å²) < 4.78 is 5.02. The quantitative estimate of drug-likeness (QED) is 0.577. The van der Waals surface area contributed by atoms with E-state index in [0.29, 0.717) is 30.2 Å². The van der Waals surface area contributed by atoms with Gasteiger partial charge < -0.3 is 14.9 Å². The first-order valence-corrected chi connectivity index (χ1v) is 9.35. The van der Waals surface area contributed by atoms with E-state index < -0.39 is 12.4 Å². The van der Waals surface area contributed by atoms with E-state index in [0.717, 1.165) is 11.3 Å². The summed E-state index contributed by atoms with van der Waals surface area (Å²) in [5, 5.41) is 17.6. The topological polar surface area (TPSA) is 105 Å². The standard InChI is InChI=1S/C19H19N3O4S/c1-12-5-7-13(8-6-12)16-11-27-19(20-16)21-18(25)4-2-3-14-9-15(22-26-14)17(24)10-23/h5-9,11,23H,2-4,10H2,1H3,(H,20,21,25). The lowest BCUT2D eigenvalue weighted by Crippen LogP contribution is -2.11. The molecule has 0 bridgehead atoms. The number of hydrogen-bond acceptors (Lipinski definition) is 7. The van der Waals surface area contributed by atoms with Gasteiger partial charge in [-0.25, -0.2) is 4.98 Å². The number of nitrogens with one attached hydrogen (secondary N) is 1. The smallest absolute Gasteiger partial charge is 0.226 e. The highest BCUT2D eigenvalue weighted by Crippen LogP contribution is 2.25. The number of benzene rings is 1. The molecule has 3 aromatic rings. The van der Waals surface area contributed by atoms with Crippen LogP contribution in [-0.4, -0.2) is 33.5 Å². The maximum Gasteiger partial charge on any atom is 0.226 e. The van der Waals surface area contributed by atoms with Crippen LogP contribution in [0.15, 0.2) is 40.2 Å². The number of carbonyl (C=O) groups is 2. The van der Waals surface area contributed by atoms with E-state index in [-0.39, 0.29) is 11.6 Å². The molecule has 0 unspecified atom stereocenters. The SMILES string of the molecule is Cc1ccc(-c2csc(NC(=O)CCCc3cc(C(=O)CO)no3)n2)cc1. The largest absolute Gasteiger partial charge is 0.388 e. The van der Waals surface area contributed by atoms with Crippen LogP contribution in [0.2, 0.25) is 0 Å². The third kappa shape index (κ3) is 5.08. The molecule has 2 heterocycles. The fraction of sp³-hybridized carbons (Fsp3) is 0.263. The predicted octanol–water partition coefficient (Wildman–Crippen LogP) is 3.24. The van der Waals surface area contributed by atoms with E-state index in [9.17, 15) is 9.59 Å². The van der Waals surface area contributed by atoms with E-state index in [1.807, 2.05) is 36.6 Å². The minimum absolute atomic E-state index is 0.100. The lowest BCUT2D eigenvalue weighted by molar-refractivity contribution is -0.116. The first-order chi connectivity index (χ1) is 13.0. The van der Waals surface area contributed by atoms with Gasteiger partial charge in [0, 0.05) is 29.9 Å². The van der Waals surface area contributed by atoms with Gasteiger partial charge in [-0.1, -0.05) is 35.0 Å². The fourth-order valence-corrected chi connectivity index (χ4v) is 3.17. The van der Waals surface area contributed by atoms with Crippen LogP contribution >= 0.6 is 11.3 Å². The first kappa shape index (κ1) is 18.9. The minimum Gasteiger partial charge on any atom is -0.388 e. The van der Waals surface area contributed by atoms with Crippen molar-refractivity contribution in [2.24, 2.45) is 0 Å².